The lowest BCUT2D eigenvalue weighted by Crippen LogP contribution is -2.39. The summed E-state index contributed by atoms with van der Waals surface area (Å²) < 4.78 is 18.2. The Labute approximate surface area is 117 Å². The minimum Gasteiger partial charge on any atom is -0.497 e. The summed E-state index contributed by atoms with van der Waals surface area (Å²) in [5, 5.41) is 14.5. The summed E-state index contributed by atoms with van der Waals surface area (Å²) in [5.74, 6) is 0.0122. The fourth-order valence-electron chi connectivity index (χ4n) is 1.92. The molecule has 0 radical (unpaired) electrons. The monoisotopic (exact) mass is 282 g/mol. The molecule has 1 aliphatic carbocycles. The molecule has 0 spiro atoms. The number of ether oxygens (including phenoxy) is 1. The van der Waals surface area contributed by atoms with Gasteiger partial charge in [0, 0.05) is 24.6 Å². The predicted molar refractivity (Wildman–Crippen MR) is 71.9 cm³/mol. The van der Waals surface area contributed by atoms with E-state index in [0.717, 1.165) is 12.8 Å². The summed E-state index contributed by atoms with van der Waals surface area (Å²) in [7, 11) is 1.46. The van der Waals surface area contributed by atoms with Crippen LogP contribution in [0, 0.1) is 11.2 Å². The highest BCUT2D eigenvalue weighted by molar-refractivity contribution is 5.73. The Morgan fingerprint density at radius 2 is 2.15 bits per heavy atom. The van der Waals surface area contributed by atoms with Crippen molar-refractivity contribution >= 4 is 6.03 Å². The molecule has 0 aliphatic heterocycles. The molecule has 0 heterocycles. The maximum Gasteiger partial charge on any atom is 0.315 e. The van der Waals surface area contributed by atoms with Gasteiger partial charge in [-0.2, -0.15) is 0 Å². The first-order valence-electron chi connectivity index (χ1n) is 6.53. The fraction of sp³-hybridized carbons (Fsp3) is 0.500. The van der Waals surface area contributed by atoms with Gasteiger partial charge in [0.2, 0.25) is 0 Å². The standard InChI is InChI=1S/C14H19FN2O3/c1-20-12-5-10(4-11(15)6-12)7-16-13(19)17-8-14(9-18)2-3-14/h4-6,18H,2-3,7-9H2,1H3,(H2,16,17,19). The Bertz CT molecular complexity index is 489. The molecule has 5 nitrogen and oxygen atoms in total. The molecule has 1 fully saturated rings. The van der Waals surface area contributed by atoms with Gasteiger partial charge in [-0.1, -0.05) is 0 Å². The van der Waals surface area contributed by atoms with E-state index in [1.54, 1.807) is 6.07 Å². The molecule has 1 saturated carbocycles. The molecule has 0 unspecified atom stereocenters. The van der Waals surface area contributed by atoms with Gasteiger partial charge in [0.15, 0.2) is 0 Å². The van der Waals surface area contributed by atoms with Crippen LogP contribution in [0.15, 0.2) is 18.2 Å². The maximum absolute atomic E-state index is 13.3. The highest BCUT2D eigenvalue weighted by Gasteiger charge is 2.42. The van der Waals surface area contributed by atoms with Gasteiger partial charge in [0.25, 0.3) is 0 Å². The minimum atomic E-state index is -0.404. The van der Waals surface area contributed by atoms with Gasteiger partial charge < -0.3 is 20.5 Å². The van der Waals surface area contributed by atoms with Crippen LogP contribution in [0.2, 0.25) is 0 Å². The summed E-state index contributed by atoms with van der Waals surface area (Å²) in [6, 6.07) is 3.97. The Hall–Kier alpha value is -1.82. The number of nitrogens with one attached hydrogen (secondary N) is 2. The second kappa shape index (κ2) is 6.09. The van der Waals surface area contributed by atoms with E-state index in [2.05, 4.69) is 10.6 Å². The molecule has 1 aromatic carbocycles. The van der Waals surface area contributed by atoms with E-state index in [1.165, 1.54) is 19.2 Å². The molecule has 3 N–H and O–H groups in total. The molecule has 0 atom stereocenters. The van der Waals surface area contributed by atoms with E-state index in [0.29, 0.717) is 17.9 Å². The van der Waals surface area contributed by atoms with Crippen molar-refractivity contribution in [3.05, 3.63) is 29.6 Å². The third-order valence-corrected chi connectivity index (χ3v) is 3.54. The lowest BCUT2D eigenvalue weighted by Gasteiger charge is -2.13. The van der Waals surface area contributed by atoms with Crippen LogP contribution in [0.1, 0.15) is 18.4 Å². The van der Waals surface area contributed by atoms with Crippen molar-refractivity contribution in [3.63, 3.8) is 0 Å². The number of carbonyl (C=O) groups is 1. The van der Waals surface area contributed by atoms with Gasteiger partial charge in [0.05, 0.1) is 13.7 Å². The van der Waals surface area contributed by atoms with Crippen LogP contribution in [0.3, 0.4) is 0 Å². The molecule has 2 amide bonds. The molecule has 1 aliphatic rings. The van der Waals surface area contributed by atoms with Crippen LogP contribution in [0.25, 0.3) is 0 Å². The first kappa shape index (κ1) is 14.6. The topological polar surface area (TPSA) is 70.6 Å². The van der Waals surface area contributed by atoms with E-state index >= 15 is 0 Å². The minimum absolute atomic E-state index is 0.0916. The molecule has 20 heavy (non-hydrogen) atoms. The number of urea groups is 1. The second-order valence-corrected chi connectivity index (χ2v) is 5.19. The lowest BCUT2D eigenvalue weighted by molar-refractivity contribution is 0.203. The third kappa shape index (κ3) is 3.84. The zero-order chi connectivity index (χ0) is 14.6. The van der Waals surface area contributed by atoms with Crippen molar-refractivity contribution in [3.8, 4) is 5.75 Å². The van der Waals surface area contributed by atoms with Crippen LogP contribution in [0.4, 0.5) is 9.18 Å². The van der Waals surface area contributed by atoms with Crippen LogP contribution in [-0.2, 0) is 6.54 Å². The van der Waals surface area contributed by atoms with Gasteiger partial charge >= 0.3 is 6.03 Å². The number of halogens is 1. The van der Waals surface area contributed by atoms with Crippen LogP contribution < -0.4 is 15.4 Å². The van der Waals surface area contributed by atoms with Gasteiger partial charge in [0.1, 0.15) is 11.6 Å². The number of hydrogen-bond acceptors (Lipinski definition) is 3. The summed E-state index contributed by atoms with van der Waals surface area (Å²) in [6.45, 7) is 0.766. The SMILES string of the molecule is COc1cc(F)cc(CNC(=O)NCC2(CO)CC2)c1. The molecule has 2 rings (SSSR count). The first-order chi connectivity index (χ1) is 9.57. The first-order valence-corrected chi connectivity index (χ1v) is 6.53. The summed E-state index contributed by atoms with van der Waals surface area (Å²) in [5.41, 5.74) is 0.500. The van der Waals surface area contributed by atoms with Gasteiger partial charge in [-0.3, -0.25) is 0 Å². The summed E-state index contributed by atoms with van der Waals surface area (Å²) in [6.07, 6.45) is 1.87. The van der Waals surface area contributed by atoms with Gasteiger partial charge in [-0.05, 0) is 30.5 Å². The highest BCUT2D eigenvalue weighted by Crippen LogP contribution is 2.44. The van der Waals surface area contributed by atoms with E-state index in [1.807, 2.05) is 0 Å². The van der Waals surface area contributed by atoms with E-state index in [-0.39, 0.29) is 24.6 Å². The average Bonchev–Trinajstić information content (AvgIpc) is 3.23. The number of methoxy groups -OCH3 is 1. The quantitative estimate of drug-likeness (QED) is 0.738. The van der Waals surface area contributed by atoms with Crippen LogP contribution >= 0.6 is 0 Å². The predicted octanol–water partition coefficient (Wildman–Crippen LogP) is 1.41. The molecule has 0 aromatic heterocycles. The van der Waals surface area contributed by atoms with Gasteiger partial charge in [-0.15, -0.1) is 0 Å². The number of aliphatic hydroxyl groups is 1. The number of benzene rings is 1. The largest absolute Gasteiger partial charge is 0.497 e. The van der Waals surface area contributed by atoms with Crippen molar-refractivity contribution < 1.29 is 19.0 Å². The van der Waals surface area contributed by atoms with Gasteiger partial charge in [-0.25, -0.2) is 9.18 Å². The van der Waals surface area contributed by atoms with Crippen molar-refractivity contribution in [1.82, 2.24) is 10.6 Å². The molecule has 110 valence electrons. The second-order valence-electron chi connectivity index (χ2n) is 5.19. The Morgan fingerprint density at radius 3 is 2.75 bits per heavy atom. The molecular weight excluding hydrogens is 263 g/mol. The number of aliphatic hydroxyl groups excluding tert-OH is 1. The van der Waals surface area contributed by atoms with E-state index < -0.39 is 5.82 Å². The zero-order valence-corrected chi connectivity index (χ0v) is 11.4. The molecule has 0 saturated heterocycles. The lowest BCUT2D eigenvalue weighted by atomic mass is 10.1. The fourth-order valence-corrected chi connectivity index (χ4v) is 1.92. The number of rotatable bonds is 6. The molecule has 6 heteroatoms. The van der Waals surface area contributed by atoms with E-state index in [4.69, 9.17) is 9.84 Å². The van der Waals surface area contributed by atoms with Crippen molar-refractivity contribution in [2.75, 3.05) is 20.3 Å². The Balaban J connectivity index is 1.79. The van der Waals surface area contributed by atoms with Crippen molar-refractivity contribution in [2.45, 2.75) is 19.4 Å². The molecular formula is C14H19FN2O3. The maximum atomic E-state index is 13.3. The summed E-state index contributed by atoms with van der Waals surface area (Å²) >= 11 is 0. The average molecular weight is 282 g/mol. The Kier molecular flexibility index (Phi) is 4.44. The van der Waals surface area contributed by atoms with E-state index in [9.17, 15) is 9.18 Å². The third-order valence-electron chi connectivity index (χ3n) is 3.54. The molecule has 0 bridgehead atoms. The van der Waals surface area contributed by atoms with Crippen LogP contribution in [-0.4, -0.2) is 31.4 Å². The van der Waals surface area contributed by atoms with Crippen molar-refractivity contribution in [1.29, 1.82) is 0 Å². The highest BCUT2D eigenvalue weighted by atomic mass is 19.1. The molecule has 1 aromatic rings. The van der Waals surface area contributed by atoms with Crippen LogP contribution in [0.5, 0.6) is 5.75 Å². The summed E-state index contributed by atoms with van der Waals surface area (Å²) in [4.78, 5) is 11.6. The van der Waals surface area contributed by atoms with Crippen molar-refractivity contribution in [2.24, 2.45) is 5.41 Å². The Morgan fingerprint density at radius 1 is 1.40 bits per heavy atom. The zero-order valence-electron chi connectivity index (χ0n) is 11.4. The number of carbonyl (C=O) groups excluding carboxylic acids is 1. The smallest absolute Gasteiger partial charge is 0.315 e. The normalized spacial score (nSPS) is 15.6. The number of amides is 2. The number of hydrogen-bond donors (Lipinski definition) is 3.